The fourth-order valence-electron chi connectivity index (χ4n) is 2.73. The van der Waals surface area contributed by atoms with Crippen LogP contribution >= 0.6 is 35.1 Å². The number of aromatic nitrogens is 3. The molecule has 2 rings (SSSR count). The van der Waals surface area contributed by atoms with Crippen LogP contribution in [0.1, 0.15) is 13.2 Å². The lowest BCUT2D eigenvalue weighted by Gasteiger charge is -2.28. The average Bonchev–Trinajstić information content (AvgIpc) is 2.83. The van der Waals surface area contributed by atoms with Crippen LogP contribution in [0, 0.1) is 11.3 Å². The Balaban J connectivity index is 2.32. The second-order valence-corrected chi connectivity index (χ2v) is 10.9. The van der Waals surface area contributed by atoms with Crippen molar-refractivity contribution in [1.82, 2.24) is 14.5 Å². The third-order valence-corrected chi connectivity index (χ3v) is 7.96. The van der Waals surface area contributed by atoms with Gasteiger partial charge in [0, 0.05) is 5.38 Å². The molecule has 1 aromatic rings. The van der Waals surface area contributed by atoms with E-state index in [-0.39, 0.29) is 0 Å². The number of phosphoric ester groups is 1. The molecule has 1 aliphatic rings. The van der Waals surface area contributed by atoms with Crippen molar-refractivity contribution in [3.05, 3.63) is 27.3 Å². The lowest BCUT2D eigenvalue weighted by molar-refractivity contribution is -0.0758. The number of hydrogen-bond acceptors (Lipinski definition) is 12. The Bertz CT molecular complexity index is 1220. The molecule has 0 radical (unpaired) electrons. The summed E-state index contributed by atoms with van der Waals surface area (Å²) < 4.78 is 52.0. The standard InChI is InChI=1S/C11H16ClN4O14P3/c1-5(28-32(23,24)30-33(25,26)29-31(20,21)22)6-7(17)11(13,2-3-12)8(27-6)16-4-14-9(18)15-10(16)19/h4-8,17H,13H2,1H3,(H,23,24)(H,25,26)(H,15,18,19)(H2,20,21,22)/t5-,6-,7+,8-,11?/m1/s1. The summed E-state index contributed by atoms with van der Waals surface area (Å²) in [5, 5.41) is 12.5. The van der Waals surface area contributed by atoms with Crippen LogP contribution in [-0.2, 0) is 31.6 Å². The van der Waals surface area contributed by atoms with Gasteiger partial charge in [0.2, 0.25) is 0 Å². The number of nitrogens with zero attached hydrogens (tertiary/aromatic N) is 2. The molecule has 1 saturated heterocycles. The Morgan fingerprint density at radius 3 is 2.39 bits per heavy atom. The zero-order chi connectivity index (χ0) is 25.4. The third kappa shape index (κ3) is 6.89. The van der Waals surface area contributed by atoms with E-state index in [1.54, 1.807) is 0 Å². The predicted molar refractivity (Wildman–Crippen MR) is 104 cm³/mol. The minimum atomic E-state index is -5.80. The number of aliphatic hydroxyl groups is 1. The molecule has 7 atom stereocenters. The molecule has 8 N–H and O–H groups in total. The summed E-state index contributed by atoms with van der Waals surface area (Å²) in [7, 11) is -17.0. The number of ether oxygens (including phenoxy) is 1. The summed E-state index contributed by atoms with van der Waals surface area (Å²) in [6, 6.07) is 0. The molecule has 3 unspecified atom stereocenters. The maximum atomic E-state index is 12.1. The Morgan fingerprint density at radius 2 is 1.88 bits per heavy atom. The van der Waals surface area contributed by atoms with E-state index in [1.165, 1.54) is 0 Å². The minimum absolute atomic E-state index is 0.628. The number of halogens is 1. The van der Waals surface area contributed by atoms with E-state index in [1.807, 2.05) is 10.4 Å². The smallest absolute Gasteiger partial charge is 0.387 e. The SMILES string of the molecule is C[C@@H](OP(=O)(O)OP(=O)(O)OP(=O)(O)O)[C@H]1O[C@@H](n2cnc(=O)[nH]c2=O)C(N)(C#CCl)[C@H]1O. The van der Waals surface area contributed by atoms with Gasteiger partial charge in [0.05, 0.1) is 6.10 Å². The van der Waals surface area contributed by atoms with Crippen molar-refractivity contribution in [2.75, 3.05) is 0 Å². The summed E-state index contributed by atoms with van der Waals surface area (Å²) in [5.41, 5.74) is 1.76. The Kier molecular flexibility index (Phi) is 8.30. The third-order valence-electron chi connectivity index (χ3n) is 3.94. The first kappa shape index (κ1) is 28.0. The Labute approximate surface area is 187 Å². The topological polar surface area (TPSA) is 283 Å². The largest absolute Gasteiger partial charge is 0.490 e. The van der Waals surface area contributed by atoms with Crippen LogP contribution in [-0.4, -0.2) is 63.1 Å². The lowest BCUT2D eigenvalue weighted by atomic mass is 9.90. The summed E-state index contributed by atoms with van der Waals surface area (Å²) in [6.07, 6.45) is -6.29. The van der Waals surface area contributed by atoms with Crippen LogP contribution in [0.2, 0.25) is 0 Å². The van der Waals surface area contributed by atoms with E-state index in [9.17, 15) is 38.2 Å². The lowest BCUT2D eigenvalue weighted by Crippen LogP contribution is -2.55. The van der Waals surface area contributed by atoms with Crippen molar-refractivity contribution >= 4 is 35.1 Å². The molecular formula is C11H16ClN4O14P3. The van der Waals surface area contributed by atoms with Crippen LogP contribution in [0.3, 0.4) is 0 Å². The van der Waals surface area contributed by atoms with Crippen molar-refractivity contribution in [1.29, 1.82) is 0 Å². The number of hydrogen-bond donors (Lipinski definition) is 7. The molecule has 33 heavy (non-hydrogen) atoms. The molecule has 0 aliphatic carbocycles. The first-order valence-corrected chi connectivity index (χ1v) is 13.1. The van der Waals surface area contributed by atoms with Crippen LogP contribution in [0.15, 0.2) is 15.9 Å². The molecule has 18 nitrogen and oxygen atoms in total. The number of aliphatic hydroxyl groups excluding tert-OH is 1. The van der Waals surface area contributed by atoms with E-state index < -0.39 is 64.9 Å². The van der Waals surface area contributed by atoms with Crippen LogP contribution < -0.4 is 17.1 Å². The molecule has 0 bridgehead atoms. The second kappa shape index (κ2) is 9.78. The molecule has 1 aromatic heterocycles. The molecule has 0 amide bonds. The van der Waals surface area contributed by atoms with Gasteiger partial charge in [-0.1, -0.05) is 5.92 Å². The zero-order valence-electron chi connectivity index (χ0n) is 16.0. The number of nitrogens with two attached hydrogens (primary N) is 1. The quantitative estimate of drug-likeness (QED) is 0.132. The summed E-state index contributed by atoms with van der Waals surface area (Å²) in [5.74, 6) is 2.20. The number of aromatic amines is 1. The molecule has 1 fully saturated rings. The van der Waals surface area contributed by atoms with E-state index in [0.717, 1.165) is 6.92 Å². The molecule has 0 spiro atoms. The van der Waals surface area contributed by atoms with Gasteiger partial charge in [0.25, 0.3) is 0 Å². The zero-order valence-corrected chi connectivity index (χ0v) is 19.4. The number of nitrogens with one attached hydrogen (secondary N) is 1. The Morgan fingerprint density at radius 1 is 1.27 bits per heavy atom. The molecular weight excluding hydrogens is 541 g/mol. The maximum absolute atomic E-state index is 12.1. The van der Waals surface area contributed by atoms with Crippen LogP contribution in [0.25, 0.3) is 0 Å². The van der Waals surface area contributed by atoms with E-state index in [2.05, 4.69) is 24.0 Å². The Hall–Kier alpha value is -1.25. The highest BCUT2D eigenvalue weighted by molar-refractivity contribution is 7.66. The normalized spacial score (nSPS) is 30.0. The van der Waals surface area contributed by atoms with Crippen molar-refractivity contribution in [3.8, 4) is 11.3 Å². The van der Waals surface area contributed by atoms with Crippen molar-refractivity contribution in [2.24, 2.45) is 5.73 Å². The van der Waals surface area contributed by atoms with Crippen molar-refractivity contribution in [2.45, 2.75) is 37.0 Å². The van der Waals surface area contributed by atoms with Gasteiger partial charge in [0.1, 0.15) is 18.5 Å². The van der Waals surface area contributed by atoms with Gasteiger partial charge in [-0.2, -0.15) is 13.6 Å². The highest BCUT2D eigenvalue weighted by Gasteiger charge is 2.57. The van der Waals surface area contributed by atoms with Crippen molar-refractivity contribution in [3.63, 3.8) is 0 Å². The average molecular weight is 557 g/mol. The van der Waals surface area contributed by atoms with E-state index >= 15 is 0 Å². The fourth-order valence-corrected chi connectivity index (χ4v) is 6.09. The first-order valence-electron chi connectivity index (χ1n) is 8.15. The fraction of sp³-hybridized carbons (Fsp3) is 0.545. The van der Waals surface area contributed by atoms with E-state index in [0.29, 0.717) is 10.9 Å². The predicted octanol–water partition coefficient (Wildman–Crippen LogP) is -2.18. The number of phosphoric acid groups is 3. The van der Waals surface area contributed by atoms with Gasteiger partial charge in [0.15, 0.2) is 11.8 Å². The van der Waals surface area contributed by atoms with Crippen LogP contribution in [0.4, 0.5) is 0 Å². The van der Waals surface area contributed by atoms with Gasteiger partial charge < -0.3 is 35.2 Å². The molecule has 1 aliphatic heterocycles. The van der Waals surface area contributed by atoms with Gasteiger partial charge in [-0.3, -0.25) is 14.1 Å². The summed E-state index contributed by atoms with van der Waals surface area (Å²) >= 11 is 5.37. The van der Waals surface area contributed by atoms with Gasteiger partial charge in [-0.15, -0.1) is 0 Å². The molecule has 186 valence electrons. The maximum Gasteiger partial charge on any atom is 0.490 e. The van der Waals surface area contributed by atoms with Gasteiger partial charge in [-0.05, 0) is 18.5 Å². The van der Waals surface area contributed by atoms with Crippen molar-refractivity contribution < 1.29 is 56.3 Å². The first-order chi connectivity index (χ1) is 14.9. The summed E-state index contributed by atoms with van der Waals surface area (Å²) in [4.78, 5) is 64.4. The minimum Gasteiger partial charge on any atom is -0.387 e. The van der Waals surface area contributed by atoms with Crippen LogP contribution in [0.5, 0.6) is 0 Å². The van der Waals surface area contributed by atoms with Gasteiger partial charge >= 0.3 is 34.8 Å². The molecule has 2 heterocycles. The second-order valence-electron chi connectivity index (χ2n) is 6.34. The number of H-pyrrole nitrogens is 1. The van der Waals surface area contributed by atoms with Gasteiger partial charge in [-0.25, -0.2) is 23.3 Å². The highest BCUT2D eigenvalue weighted by atomic mass is 35.5. The van der Waals surface area contributed by atoms with E-state index in [4.69, 9.17) is 31.9 Å². The molecule has 0 saturated carbocycles. The number of rotatable bonds is 8. The summed E-state index contributed by atoms with van der Waals surface area (Å²) in [6.45, 7) is 0.997. The monoisotopic (exact) mass is 556 g/mol. The molecule has 0 aromatic carbocycles. The highest BCUT2D eigenvalue weighted by Crippen LogP contribution is 2.66. The molecule has 22 heteroatoms.